The Labute approximate surface area is 123 Å². The van der Waals surface area contributed by atoms with Crippen LogP contribution in [0.25, 0.3) is 0 Å². The summed E-state index contributed by atoms with van der Waals surface area (Å²) in [6.45, 7) is 7.95. The highest BCUT2D eigenvalue weighted by molar-refractivity contribution is 5.82. The molecule has 1 N–H and O–H groups in total. The molecule has 114 valence electrons. The van der Waals surface area contributed by atoms with Crippen molar-refractivity contribution in [3.05, 3.63) is 0 Å². The fourth-order valence-electron chi connectivity index (χ4n) is 4.65. The van der Waals surface area contributed by atoms with Gasteiger partial charge in [-0.25, -0.2) is 4.90 Å². The van der Waals surface area contributed by atoms with Gasteiger partial charge in [-0.2, -0.15) is 0 Å². The first-order valence-electron chi connectivity index (χ1n) is 8.77. The van der Waals surface area contributed by atoms with Crippen molar-refractivity contribution in [3.63, 3.8) is 0 Å². The van der Waals surface area contributed by atoms with Gasteiger partial charge in [-0.3, -0.25) is 4.79 Å². The van der Waals surface area contributed by atoms with E-state index in [9.17, 15) is 4.79 Å². The second-order valence-corrected chi connectivity index (χ2v) is 7.59. The first-order chi connectivity index (χ1) is 9.65. The van der Waals surface area contributed by atoms with Crippen LogP contribution in [0, 0.1) is 11.8 Å². The van der Waals surface area contributed by atoms with E-state index in [2.05, 4.69) is 18.7 Å². The first-order valence-corrected chi connectivity index (χ1v) is 8.77. The topological polar surface area (TPSA) is 24.8 Å². The Morgan fingerprint density at radius 3 is 2.65 bits per heavy atom. The molecule has 0 bridgehead atoms. The highest BCUT2D eigenvalue weighted by atomic mass is 16.1. The second kappa shape index (κ2) is 6.15. The number of rotatable bonds is 3. The van der Waals surface area contributed by atoms with Gasteiger partial charge in [-0.15, -0.1) is 0 Å². The molecule has 0 radical (unpaired) electrons. The molecule has 0 spiro atoms. The maximum absolute atomic E-state index is 12.6. The molecule has 4 unspecified atom stereocenters. The monoisotopic (exact) mass is 279 g/mol. The van der Waals surface area contributed by atoms with Gasteiger partial charge in [-0.05, 0) is 32.1 Å². The molecule has 3 aliphatic rings. The molecule has 0 aromatic heterocycles. The summed E-state index contributed by atoms with van der Waals surface area (Å²) in [5, 5.41) is 0. The van der Waals surface area contributed by atoms with E-state index in [0.29, 0.717) is 23.9 Å². The van der Waals surface area contributed by atoms with Gasteiger partial charge in [0, 0.05) is 18.9 Å². The lowest BCUT2D eigenvalue weighted by molar-refractivity contribution is -0.933. The number of Topliss-reactive ketones (excluding diaryl/α,β-unsaturated/α-hetero) is 1. The van der Waals surface area contributed by atoms with Gasteiger partial charge < -0.3 is 4.90 Å². The molecule has 2 heterocycles. The van der Waals surface area contributed by atoms with Crippen molar-refractivity contribution in [2.45, 2.75) is 71.0 Å². The lowest BCUT2D eigenvalue weighted by Crippen LogP contribution is -3.18. The molecule has 20 heavy (non-hydrogen) atoms. The van der Waals surface area contributed by atoms with Gasteiger partial charge in [0.1, 0.15) is 12.7 Å². The molecule has 2 aliphatic heterocycles. The summed E-state index contributed by atoms with van der Waals surface area (Å²) in [5.74, 6) is 1.78. The molecule has 3 fully saturated rings. The number of carbonyl (C=O) groups excluding carboxylic acids is 1. The summed E-state index contributed by atoms with van der Waals surface area (Å²) in [4.78, 5) is 16.8. The summed E-state index contributed by atoms with van der Waals surface area (Å²) in [6.07, 6.45) is 9.45. The predicted molar refractivity (Wildman–Crippen MR) is 80.6 cm³/mol. The number of piperidine rings is 1. The number of hydrogen-bond donors (Lipinski definition) is 1. The molecule has 2 saturated heterocycles. The molecule has 1 saturated carbocycles. The van der Waals surface area contributed by atoms with Crippen LogP contribution in [0.3, 0.4) is 0 Å². The third-order valence-corrected chi connectivity index (χ3v) is 5.98. The molecule has 0 aromatic rings. The minimum atomic E-state index is 0.388. The van der Waals surface area contributed by atoms with Crippen molar-refractivity contribution in [2.75, 3.05) is 19.6 Å². The lowest BCUT2D eigenvalue weighted by Gasteiger charge is -2.35. The van der Waals surface area contributed by atoms with Gasteiger partial charge in [0.2, 0.25) is 0 Å². The van der Waals surface area contributed by atoms with Crippen LogP contribution in [-0.4, -0.2) is 42.5 Å². The Kier molecular flexibility index (Phi) is 4.46. The molecular weight excluding hydrogens is 248 g/mol. The number of hydrogen-bond acceptors (Lipinski definition) is 2. The summed E-state index contributed by atoms with van der Waals surface area (Å²) < 4.78 is 0. The van der Waals surface area contributed by atoms with Crippen LogP contribution >= 0.6 is 0 Å². The number of nitrogens with one attached hydrogen (secondary N) is 1. The van der Waals surface area contributed by atoms with Gasteiger partial charge in [0.25, 0.3) is 0 Å². The number of nitrogens with zero attached hydrogens (tertiary/aromatic N) is 1. The second-order valence-electron chi connectivity index (χ2n) is 7.59. The zero-order valence-electron chi connectivity index (χ0n) is 13.2. The Morgan fingerprint density at radius 1 is 1.15 bits per heavy atom. The Hall–Kier alpha value is -0.410. The van der Waals surface area contributed by atoms with Crippen LogP contribution in [0.4, 0.5) is 0 Å². The zero-order valence-corrected chi connectivity index (χ0v) is 13.2. The van der Waals surface area contributed by atoms with E-state index >= 15 is 0 Å². The normalized spacial score (nSPS) is 39.7. The van der Waals surface area contributed by atoms with E-state index in [0.717, 1.165) is 25.3 Å². The van der Waals surface area contributed by atoms with E-state index < -0.39 is 0 Å². The van der Waals surface area contributed by atoms with E-state index in [1.807, 2.05) is 0 Å². The molecule has 3 heteroatoms. The third kappa shape index (κ3) is 2.94. The quantitative estimate of drug-likeness (QED) is 0.846. The zero-order chi connectivity index (χ0) is 14.1. The Bertz CT molecular complexity index is 351. The minimum absolute atomic E-state index is 0.388. The molecule has 1 aliphatic carbocycles. The summed E-state index contributed by atoms with van der Waals surface area (Å²) in [6, 6.07) is 0.637. The largest absolute Gasteiger partial charge is 0.310 e. The van der Waals surface area contributed by atoms with Crippen molar-refractivity contribution in [2.24, 2.45) is 11.8 Å². The van der Waals surface area contributed by atoms with E-state index in [1.54, 1.807) is 4.90 Å². The fraction of sp³-hybridized carbons (Fsp3) is 0.941. The molecule has 0 aromatic carbocycles. The van der Waals surface area contributed by atoms with Gasteiger partial charge in [-0.1, -0.05) is 26.2 Å². The van der Waals surface area contributed by atoms with Crippen molar-refractivity contribution in [3.8, 4) is 0 Å². The molecule has 4 atom stereocenters. The van der Waals surface area contributed by atoms with Crippen molar-refractivity contribution in [1.29, 1.82) is 0 Å². The highest BCUT2D eigenvalue weighted by Gasteiger charge is 2.44. The smallest absolute Gasteiger partial charge is 0.189 e. The summed E-state index contributed by atoms with van der Waals surface area (Å²) in [7, 11) is 0. The maximum Gasteiger partial charge on any atom is 0.189 e. The van der Waals surface area contributed by atoms with Crippen molar-refractivity contribution < 1.29 is 9.69 Å². The molecular formula is C17H31N2O+. The molecule has 0 amide bonds. The SMILES string of the molecule is CC1CCN2CC(C)[NH+](CC(=O)C3CCCCC3)C2C1. The average molecular weight is 279 g/mol. The van der Waals surface area contributed by atoms with Crippen LogP contribution in [0.1, 0.15) is 58.8 Å². The van der Waals surface area contributed by atoms with Crippen LogP contribution in [0.15, 0.2) is 0 Å². The van der Waals surface area contributed by atoms with E-state index in [4.69, 9.17) is 0 Å². The fourth-order valence-corrected chi connectivity index (χ4v) is 4.65. The van der Waals surface area contributed by atoms with Gasteiger partial charge in [0.15, 0.2) is 5.78 Å². The number of ketones is 1. The predicted octanol–water partition coefficient (Wildman–Crippen LogP) is 1.48. The van der Waals surface area contributed by atoms with Crippen molar-refractivity contribution >= 4 is 5.78 Å². The Balaban J connectivity index is 1.61. The maximum atomic E-state index is 12.6. The molecule has 3 rings (SSSR count). The highest BCUT2D eigenvalue weighted by Crippen LogP contribution is 2.25. The standard InChI is InChI=1S/C17H30N2O/c1-13-8-9-18-11-14(2)19(17(18)10-13)12-16(20)15-6-4-3-5-7-15/h13-15,17H,3-12H2,1-2H3/p+1. The first kappa shape index (κ1) is 14.5. The van der Waals surface area contributed by atoms with Crippen LogP contribution in [0.5, 0.6) is 0 Å². The number of quaternary nitrogens is 1. The summed E-state index contributed by atoms with van der Waals surface area (Å²) in [5.41, 5.74) is 0. The number of fused-ring (bicyclic) bond motifs is 1. The number of carbonyl (C=O) groups is 1. The van der Waals surface area contributed by atoms with Gasteiger partial charge in [0.05, 0.1) is 12.6 Å². The Morgan fingerprint density at radius 2 is 1.90 bits per heavy atom. The van der Waals surface area contributed by atoms with Crippen LogP contribution < -0.4 is 4.90 Å². The third-order valence-electron chi connectivity index (χ3n) is 5.98. The van der Waals surface area contributed by atoms with E-state index in [-0.39, 0.29) is 0 Å². The van der Waals surface area contributed by atoms with Crippen molar-refractivity contribution in [1.82, 2.24) is 4.90 Å². The van der Waals surface area contributed by atoms with Crippen LogP contribution in [0.2, 0.25) is 0 Å². The average Bonchev–Trinajstić information content (AvgIpc) is 2.76. The van der Waals surface area contributed by atoms with Crippen LogP contribution in [-0.2, 0) is 4.79 Å². The van der Waals surface area contributed by atoms with E-state index in [1.165, 1.54) is 45.2 Å². The van der Waals surface area contributed by atoms with Gasteiger partial charge >= 0.3 is 0 Å². The summed E-state index contributed by atoms with van der Waals surface area (Å²) >= 11 is 0. The minimum Gasteiger partial charge on any atom is -0.310 e. The molecule has 3 nitrogen and oxygen atoms in total. The lowest BCUT2D eigenvalue weighted by atomic mass is 9.86.